The minimum atomic E-state index is -5.00. The highest BCUT2D eigenvalue weighted by Gasteiger charge is 2.65. The fraction of sp³-hybridized carbons (Fsp3) is 0.600. The first-order valence-corrected chi connectivity index (χ1v) is 9.22. The summed E-state index contributed by atoms with van der Waals surface area (Å²) in [6.07, 6.45) is -3.46. The molecule has 0 bridgehead atoms. The Balaban J connectivity index is 1.83. The molecule has 0 aliphatic heterocycles. The summed E-state index contributed by atoms with van der Waals surface area (Å²) in [6, 6.07) is 6.76. The molecule has 0 aromatic heterocycles. The monoisotopic (exact) mass is 400 g/mol. The van der Waals surface area contributed by atoms with Crippen molar-refractivity contribution in [1.82, 2.24) is 0 Å². The van der Waals surface area contributed by atoms with Crippen molar-refractivity contribution in [3.63, 3.8) is 0 Å². The molecule has 0 radical (unpaired) electrons. The zero-order chi connectivity index (χ0) is 20.5. The topological polar surface area (TPSA) is 61.8 Å². The fourth-order valence-corrected chi connectivity index (χ4v) is 4.48. The second-order valence-electron chi connectivity index (χ2n) is 7.30. The molecule has 3 rings (SSSR count). The Hall–Kier alpha value is -2.09. The summed E-state index contributed by atoms with van der Waals surface area (Å²) in [6.45, 7) is 0. The number of rotatable bonds is 5. The average Bonchev–Trinajstić information content (AvgIpc) is 2.63. The van der Waals surface area contributed by atoms with Crippen LogP contribution in [0, 0.1) is 17.8 Å². The number of fused-ring (bicyclic) bond motifs is 1. The van der Waals surface area contributed by atoms with Gasteiger partial charge in [0.25, 0.3) is 5.60 Å². The molecule has 2 fully saturated rings. The molecule has 0 unspecified atom stereocenters. The van der Waals surface area contributed by atoms with Crippen LogP contribution in [0.25, 0.3) is 0 Å². The van der Waals surface area contributed by atoms with E-state index in [-0.39, 0.29) is 29.3 Å². The number of hydrogen-bond donors (Lipinski definition) is 0. The Morgan fingerprint density at radius 2 is 1.61 bits per heavy atom. The molecule has 8 heteroatoms. The molecular formula is C20H23F3O5. The number of methoxy groups -OCH3 is 2. The van der Waals surface area contributed by atoms with Gasteiger partial charge in [-0.25, -0.2) is 4.79 Å². The Bertz CT molecular complexity index is 720. The lowest BCUT2D eigenvalue weighted by Crippen LogP contribution is -2.55. The molecule has 0 N–H and O–H groups in total. The van der Waals surface area contributed by atoms with Gasteiger partial charge in [0.05, 0.1) is 13.0 Å². The minimum absolute atomic E-state index is 0.0291. The second-order valence-corrected chi connectivity index (χ2v) is 7.30. The van der Waals surface area contributed by atoms with Crippen LogP contribution in [0.3, 0.4) is 0 Å². The lowest BCUT2D eigenvalue weighted by atomic mass is 9.59. The third-order valence-corrected chi connectivity index (χ3v) is 6.08. The summed E-state index contributed by atoms with van der Waals surface area (Å²) in [5, 5.41) is 0. The van der Waals surface area contributed by atoms with Crippen LogP contribution >= 0.6 is 0 Å². The first kappa shape index (κ1) is 20.6. The van der Waals surface area contributed by atoms with E-state index in [4.69, 9.17) is 14.2 Å². The molecular weight excluding hydrogens is 377 g/mol. The van der Waals surface area contributed by atoms with E-state index in [2.05, 4.69) is 0 Å². The SMILES string of the molecule is COC(=O)[C@@H]1CC[C@H](OC(=O)[C@@](OC)(c2ccccc2)C(F)(F)F)[C@H]2CC[C@H]21. The first-order chi connectivity index (χ1) is 13.3. The third kappa shape index (κ3) is 3.27. The van der Waals surface area contributed by atoms with Crippen molar-refractivity contribution in [2.24, 2.45) is 17.8 Å². The molecule has 0 amide bonds. The molecule has 2 aliphatic rings. The van der Waals surface area contributed by atoms with E-state index in [0.717, 1.165) is 13.5 Å². The van der Waals surface area contributed by atoms with Crippen LogP contribution in [0.15, 0.2) is 30.3 Å². The van der Waals surface area contributed by atoms with Gasteiger partial charge >= 0.3 is 18.1 Å². The third-order valence-electron chi connectivity index (χ3n) is 6.08. The van der Waals surface area contributed by atoms with Gasteiger partial charge < -0.3 is 14.2 Å². The van der Waals surface area contributed by atoms with Crippen LogP contribution in [0.4, 0.5) is 13.2 Å². The molecule has 0 heterocycles. The highest BCUT2D eigenvalue weighted by atomic mass is 19.4. The summed E-state index contributed by atoms with van der Waals surface area (Å²) in [4.78, 5) is 24.7. The molecule has 154 valence electrons. The van der Waals surface area contributed by atoms with Gasteiger partial charge in [0.1, 0.15) is 6.10 Å². The van der Waals surface area contributed by atoms with Crippen molar-refractivity contribution < 1.29 is 37.0 Å². The van der Waals surface area contributed by atoms with Gasteiger partial charge in [-0.2, -0.15) is 13.2 Å². The minimum Gasteiger partial charge on any atom is -0.469 e. The van der Waals surface area contributed by atoms with E-state index in [1.165, 1.54) is 31.4 Å². The molecule has 0 saturated heterocycles. The van der Waals surface area contributed by atoms with E-state index in [0.29, 0.717) is 19.3 Å². The van der Waals surface area contributed by atoms with Gasteiger partial charge in [-0.3, -0.25) is 4.79 Å². The standard InChI is InChI=1S/C20H23F3O5/c1-26-17(24)15-10-11-16(14-9-8-13(14)15)28-18(25)19(27-2,20(21,22)23)12-6-4-3-5-7-12/h3-7,13-16H,8-11H2,1-2H3/t13-,14+,15-,16+,19+/m1/s1. The van der Waals surface area contributed by atoms with Gasteiger partial charge in [0.15, 0.2) is 0 Å². The number of hydrogen-bond acceptors (Lipinski definition) is 5. The number of alkyl halides is 3. The van der Waals surface area contributed by atoms with Crippen molar-refractivity contribution in [3.05, 3.63) is 35.9 Å². The quantitative estimate of drug-likeness (QED) is 0.707. The molecule has 2 saturated carbocycles. The molecule has 0 spiro atoms. The van der Waals surface area contributed by atoms with E-state index in [1.807, 2.05) is 0 Å². The summed E-state index contributed by atoms with van der Waals surface area (Å²) in [5.41, 5.74) is -3.52. The van der Waals surface area contributed by atoms with Crippen molar-refractivity contribution in [2.75, 3.05) is 14.2 Å². The average molecular weight is 400 g/mol. The molecule has 1 aromatic carbocycles. The predicted octanol–water partition coefficient (Wildman–Crippen LogP) is 3.61. The normalized spacial score (nSPS) is 29.0. The number of carbonyl (C=O) groups excluding carboxylic acids is 2. The maximum Gasteiger partial charge on any atom is 0.432 e. The molecule has 2 aliphatic carbocycles. The molecule has 28 heavy (non-hydrogen) atoms. The fourth-order valence-electron chi connectivity index (χ4n) is 4.48. The highest BCUT2D eigenvalue weighted by molar-refractivity contribution is 5.83. The van der Waals surface area contributed by atoms with E-state index < -0.39 is 23.9 Å². The number of benzene rings is 1. The van der Waals surface area contributed by atoms with Crippen LogP contribution in [0.2, 0.25) is 0 Å². The highest BCUT2D eigenvalue weighted by Crippen LogP contribution is 2.51. The van der Waals surface area contributed by atoms with Gasteiger partial charge in [0.2, 0.25) is 0 Å². The van der Waals surface area contributed by atoms with Gasteiger partial charge in [-0.05, 0) is 37.5 Å². The smallest absolute Gasteiger partial charge is 0.432 e. The van der Waals surface area contributed by atoms with Gasteiger partial charge in [-0.1, -0.05) is 30.3 Å². The van der Waals surface area contributed by atoms with Crippen molar-refractivity contribution >= 4 is 11.9 Å². The summed E-state index contributed by atoms with van der Waals surface area (Å²) >= 11 is 0. The Labute approximate surface area is 161 Å². The predicted molar refractivity (Wildman–Crippen MR) is 92.0 cm³/mol. The second kappa shape index (κ2) is 7.73. The Morgan fingerprint density at radius 1 is 0.964 bits per heavy atom. The van der Waals surface area contributed by atoms with Crippen molar-refractivity contribution in [2.45, 2.75) is 43.6 Å². The largest absolute Gasteiger partial charge is 0.469 e. The van der Waals surface area contributed by atoms with Crippen LogP contribution < -0.4 is 0 Å². The lowest BCUT2D eigenvalue weighted by Gasteiger charge is -2.49. The first-order valence-electron chi connectivity index (χ1n) is 9.22. The zero-order valence-corrected chi connectivity index (χ0v) is 15.7. The number of ether oxygens (including phenoxy) is 3. The maximum atomic E-state index is 14.0. The maximum absolute atomic E-state index is 14.0. The van der Waals surface area contributed by atoms with Crippen molar-refractivity contribution in [1.29, 1.82) is 0 Å². The van der Waals surface area contributed by atoms with E-state index in [1.54, 1.807) is 6.07 Å². The van der Waals surface area contributed by atoms with Crippen molar-refractivity contribution in [3.8, 4) is 0 Å². The summed E-state index contributed by atoms with van der Waals surface area (Å²) in [7, 11) is 2.17. The Kier molecular flexibility index (Phi) is 5.70. The summed E-state index contributed by atoms with van der Waals surface area (Å²) in [5.74, 6) is -2.24. The molecule has 5 nitrogen and oxygen atoms in total. The van der Waals surface area contributed by atoms with Gasteiger partial charge in [-0.15, -0.1) is 0 Å². The lowest BCUT2D eigenvalue weighted by molar-refractivity contribution is -0.280. The van der Waals surface area contributed by atoms with E-state index >= 15 is 0 Å². The molecule has 1 aromatic rings. The van der Waals surface area contributed by atoms with Crippen LogP contribution in [-0.2, 0) is 29.4 Å². The van der Waals surface area contributed by atoms with Gasteiger partial charge in [0, 0.05) is 12.7 Å². The summed E-state index contributed by atoms with van der Waals surface area (Å²) < 4.78 is 56.9. The zero-order valence-electron chi connectivity index (χ0n) is 15.7. The van der Waals surface area contributed by atoms with Crippen LogP contribution in [0.5, 0.6) is 0 Å². The number of carbonyl (C=O) groups is 2. The van der Waals surface area contributed by atoms with E-state index in [9.17, 15) is 22.8 Å². The van der Waals surface area contributed by atoms with Crippen LogP contribution in [-0.4, -0.2) is 38.4 Å². The Morgan fingerprint density at radius 3 is 2.11 bits per heavy atom. The number of esters is 2. The number of halogens is 3. The molecule has 5 atom stereocenters. The van der Waals surface area contributed by atoms with Crippen LogP contribution in [0.1, 0.15) is 31.2 Å².